The van der Waals surface area contributed by atoms with Crippen molar-refractivity contribution >= 4 is 34.5 Å². The third-order valence-corrected chi connectivity index (χ3v) is 4.12. The van der Waals surface area contributed by atoms with Gasteiger partial charge in [-0.3, -0.25) is 4.79 Å². The molecule has 2 aromatic rings. The predicted octanol–water partition coefficient (Wildman–Crippen LogP) is 3.53. The van der Waals surface area contributed by atoms with E-state index in [-0.39, 0.29) is 11.9 Å². The lowest BCUT2D eigenvalue weighted by Crippen LogP contribution is -2.37. The third-order valence-electron chi connectivity index (χ3n) is 2.95. The molecule has 1 amide bonds. The number of methoxy groups -OCH3 is 1. The van der Waals surface area contributed by atoms with Gasteiger partial charge >= 0.3 is 0 Å². The van der Waals surface area contributed by atoms with Gasteiger partial charge in [0.1, 0.15) is 11.8 Å². The van der Waals surface area contributed by atoms with E-state index in [0.29, 0.717) is 17.3 Å². The van der Waals surface area contributed by atoms with Gasteiger partial charge in [0.25, 0.3) is 0 Å². The number of thiophene rings is 1. The monoisotopic (exact) mass is 324 g/mol. The van der Waals surface area contributed by atoms with Gasteiger partial charge in [-0.1, -0.05) is 17.7 Å². The average molecular weight is 325 g/mol. The fourth-order valence-corrected chi connectivity index (χ4v) is 2.71. The second kappa shape index (κ2) is 7.33. The highest BCUT2D eigenvalue weighted by molar-refractivity contribution is 7.09. The average Bonchev–Trinajstić information content (AvgIpc) is 2.98. The number of hydrogen-bond donors (Lipinski definition) is 2. The summed E-state index contributed by atoms with van der Waals surface area (Å²) >= 11 is 7.68. The Balaban J connectivity index is 1.89. The number of halogens is 1. The van der Waals surface area contributed by atoms with E-state index in [2.05, 4.69) is 10.6 Å². The van der Waals surface area contributed by atoms with E-state index in [1.54, 1.807) is 30.6 Å². The fourth-order valence-electron chi connectivity index (χ4n) is 1.81. The molecule has 21 heavy (non-hydrogen) atoms. The first-order chi connectivity index (χ1) is 10.1. The Morgan fingerprint density at radius 3 is 2.86 bits per heavy atom. The summed E-state index contributed by atoms with van der Waals surface area (Å²) in [6.45, 7) is 2.35. The number of carbonyl (C=O) groups is 1. The van der Waals surface area contributed by atoms with Crippen LogP contribution in [0.2, 0.25) is 5.02 Å². The largest absolute Gasteiger partial charge is 0.495 e. The van der Waals surface area contributed by atoms with Gasteiger partial charge < -0.3 is 15.4 Å². The van der Waals surface area contributed by atoms with Crippen molar-refractivity contribution in [3.8, 4) is 5.75 Å². The zero-order valence-electron chi connectivity index (χ0n) is 11.9. The van der Waals surface area contributed by atoms with Crippen molar-refractivity contribution in [1.82, 2.24) is 5.32 Å². The molecule has 0 saturated carbocycles. The molecule has 1 heterocycles. The molecule has 1 aromatic carbocycles. The Morgan fingerprint density at radius 1 is 1.43 bits per heavy atom. The van der Waals surface area contributed by atoms with E-state index >= 15 is 0 Å². The number of amides is 1. The summed E-state index contributed by atoms with van der Waals surface area (Å²) in [6.07, 6.45) is 0. The highest BCUT2D eigenvalue weighted by Crippen LogP contribution is 2.27. The van der Waals surface area contributed by atoms with Crippen molar-refractivity contribution in [2.45, 2.75) is 19.5 Å². The van der Waals surface area contributed by atoms with Crippen molar-refractivity contribution in [3.05, 3.63) is 45.6 Å². The van der Waals surface area contributed by atoms with Crippen molar-refractivity contribution in [2.75, 3.05) is 12.4 Å². The predicted molar refractivity (Wildman–Crippen MR) is 87.3 cm³/mol. The standard InChI is InChI=1S/C15H17ClN2O2S/c1-10(15(19)17-9-12-4-3-7-21-12)18-11-5-6-14(20-2)13(16)8-11/h3-8,10,18H,9H2,1-2H3,(H,17,19). The second-order valence-electron chi connectivity index (χ2n) is 4.51. The lowest BCUT2D eigenvalue weighted by molar-refractivity contribution is -0.121. The number of hydrogen-bond acceptors (Lipinski definition) is 4. The summed E-state index contributed by atoms with van der Waals surface area (Å²) in [5.41, 5.74) is 0.777. The maximum atomic E-state index is 12.0. The molecule has 0 aliphatic rings. The SMILES string of the molecule is COc1ccc(NC(C)C(=O)NCc2cccs2)cc1Cl. The summed E-state index contributed by atoms with van der Waals surface area (Å²) in [6, 6.07) is 8.94. The highest BCUT2D eigenvalue weighted by Gasteiger charge is 2.13. The summed E-state index contributed by atoms with van der Waals surface area (Å²) < 4.78 is 5.09. The van der Waals surface area contributed by atoms with Gasteiger partial charge in [-0.05, 0) is 36.6 Å². The van der Waals surface area contributed by atoms with Crippen molar-refractivity contribution < 1.29 is 9.53 Å². The zero-order valence-corrected chi connectivity index (χ0v) is 13.4. The minimum absolute atomic E-state index is 0.0599. The molecule has 0 aliphatic carbocycles. The van der Waals surface area contributed by atoms with Crippen molar-refractivity contribution in [2.24, 2.45) is 0 Å². The third kappa shape index (κ3) is 4.37. The zero-order chi connectivity index (χ0) is 15.2. The Bertz CT molecular complexity index is 602. The first-order valence-electron chi connectivity index (χ1n) is 6.50. The molecule has 0 saturated heterocycles. The van der Waals surface area contributed by atoms with Gasteiger partial charge in [0, 0.05) is 10.6 Å². The van der Waals surface area contributed by atoms with Gasteiger partial charge in [-0.2, -0.15) is 0 Å². The number of benzene rings is 1. The van der Waals surface area contributed by atoms with Gasteiger partial charge in [0.05, 0.1) is 18.7 Å². The summed E-state index contributed by atoms with van der Waals surface area (Å²) in [7, 11) is 1.56. The van der Waals surface area contributed by atoms with E-state index in [9.17, 15) is 4.79 Å². The first-order valence-corrected chi connectivity index (χ1v) is 7.76. The number of carbonyl (C=O) groups excluding carboxylic acids is 1. The minimum Gasteiger partial charge on any atom is -0.495 e. The molecular formula is C15H17ClN2O2S. The number of anilines is 1. The van der Waals surface area contributed by atoms with Crippen molar-refractivity contribution in [3.63, 3.8) is 0 Å². The van der Waals surface area contributed by atoms with E-state index in [0.717, 1.165) is 10.6 Å². The van der Waals surface area contributed by atoms with Crippen LogP contribution in [0.25, 0.3) is 0 Å². The van der Waals surface area contributed by atoms with Crippen LogP contribution in [0.1, 0.15) is 11.8 Å². The Kier molecular flexibility index (Phi) is 5.47. The van der Waals surface area contributed by atoms with E-state index < -0.39 is 0 Å². The van der Waals surface area contributed by atoms with Crippen LogP contribution in [-0.4, -0.2) is 19.1 Å². The molecule has 0 aliphatic heterocycles. The van der Waals surface area contributed by atoms with Crippen LogP contribution in [0.4, 0.5) is 5.69 Å². The maximum Gasteiger partial charge on any atom is 0.242 e. The van der Waals surface area contributed by atoms with Gasteiger partial charge in [-0.25, -0.2) is 0 Å². The molecular weight excluding hydrogens is 308 g/mol. The Hall–Kier alpha value is -1.72. The Labute approximate surface area is 133 Å². The molecule has 1 atom stereocenters. The molecule has 0 radical (unpaired) electrons. The summed E-state index contributed by atoms with van der Waals surface area (Å²) in [4.78, 5) is 13.2. The molecule has 0 spiro atoms. The van der Waals surface area contributed by atoms with Crippen LogP contribution in [0, 0.1) is 0 Å². The first kappa shape index (κ1) is 15.7. The molecule has 0 bridgehead atoms. The second-order valence-corrected chi connectivity index (χ2v) is 5.95. The lowest BCUT2D eigenvalue weighted by Gasteiger charge is -2.15. The summed E-state index contributed by atoms with van der Waals surface area (Å²) in [5, 5.41) is 8.51. The summed E-state index contributed by atoms with van der Waals surface area (Å²) in [5.74, 6) is 0.548. The highest BCUT2D eigenvalue weighted by atomic mass is 35.5. The molecule has 2 N–H and O–H groups in total. The van der Waals surface area contributed by atoms with Gasteiger partial charge in [0.15, 0.2) is 0 Å². The quantitative estimate of drug-likeness (QED) is 0.854. The Morgan fingerprint density at radius 2 is 2.24 bits per heavy atom. The van der Waals surface area contributed by atoms with E-state index in [4.69, 9.17) is 16.3 Å². The molecule has 2 rings (SSSR count). The van der Waals surface area contributed by atoms with Crippen LogP contribution < -0.4 is 15.4 Å². The van der Waals surface area contributed by atoms with E-state index in [1.807, 2.05) is 30.5 Å². The number of ether oxygens (including phenoxy) is 1. The molecule has 112 valence electrons. The number of nitrogens with one attached hydrogen (secondary N) is 2. The van der Waals surface area contributed by atoms with Gasteiger partial charge in [-0.15, -0.1) is 11.3 Å². The lowest BCUT2D eigenvalue weighted by atomic mass is 10.2. The molecule has 6 heteroatoms. The van der Waals surface area contributed by atoms with Gasteiger partial charge in [0.2, 0.25) is 5.91 Å². The smallest absolute Gasteiger partial charge is 0.242 e. The van der Waals surface area contributed by atoms with Crippen LogP contribution in [0.3, 0.4) is 0 Å². The minimum atomic E-state index is -0.352. The molecule has 1 aromatic heterocycles. The number of rotatable bonds is 6. The van der Waals surface area contributed by atoms with Crippen LogP contribution >= 0.6 is 22.9 Å². The van der Waals surface area contributed by atoms with E-state index in [1.165, 1.54) is 0 Å². The van der Waals surface area contributed by atoms with Crippen LogP contribution in [0.15, 0.2) is 35.7 Å². The van der Waals surface area contributed by atoms with Crippen molar-refractivity contribution in [1.29, 1.82) is 0 Å². The fraction of sp³-hybridized carbons (Fsp3) is 0.267. The molecule has 4 nitrogen and oxygen atoms in total. The topological polar surface area (TPSA) is 50.4 Å². The van der Waals surface area contributed by atoms with Crippen LogP contribution in [-0.2, 0) is 11.3 Å². The normalized spacial score (nSPS) is 11.8. The maximum absolute atomic E-state index is 12.0. The van der Waals surface area contributed by atoms with Crippen LogP contribution in [0.5, 0.6) is 5.75 Å². The molecule has 0 fully saturated rings. The molecule has 1 unspecified atom stereocenters.